The van der Waals surface area contributed by atoms with Gasteiger partial charge in [-0.25, -0.2) is 9.97 Å². The van der Waals surface area contributed by atoms with Crippen LogP contribution in [0.15, 0.2) is 27.3 Å². The van der Waals surface area contributed by atoms with Gasteiger partial charge in [0.25, 0.3) is 0 Å². The van der Waals surface area contributed by atoms with E-state index in [1.165, 1.54) is 0 Å². The van der Waals surface area contributed by atoms with Gasteiger partial charge in [0.15, 0.2) is 16.3 Å². The fourth-order valence-corrected chi connectivity index (χ4v) is 1.59. The van der Waals surface area contributed by atoms with Crippen LogP contribution in [-0.4, -0.2) is 17.1 Å². The zero-order valence-electron chi connectivity index (χ0n) is 8.61. The topological polar surface area (TPSA) is 74.2 Å². The van der Waals surface area contributed by atoms with Crippen LogP contribution in [0.2, 0.25) is 0 Å². The van der Waals surface area contributed by atoms with Gasteiger partial charge in [-0.05, 0) is 28.1 Å². The Kier molecular flexibility index (Phi) is 3.21. The highest BCUT2D eigenvalue weighted by atomic mass is 79.9. The lowest BCUT2D eigenvalue weighted by Gasteiger charge is -2.02. The molecule has 2 N–H and O–H groups in total. The van der Waals surface area contributed by atoms with Gasteiger partial charge >= 0.3 is 0 Å². The third kappa shape index (κ3) is 2.40. The van der Waals surface area contributed by atoms with Crippen molar-refractivity contribution in [2.75, 3.05) is 12.8 Å². The summed E-state index contributed by atoms with van der Waals surface area (Å²) in [6.07, 6.45) is 0. The minimum absolute atomic E-state index is 0.390. The molecule has 5 nitrogen and oxygen atoms in total. The normalized spacial score (nSPS) is 10.6. The van der Waals surface area contributed by atoms with Crippen molar-refractivity contribution in [3.05, 3.63) is 28.6 Å². The van der Waals surface area contributed by atoms with Crippen molar-refractivity contribution in [2.24, 2.45) is 0 Å². The maximum atomic E-state index is 5.67. The monoisotopic (exact) mass is 283 g/mol. The number of ether oxygens (including phenoxy) is 1. The van der Waals surface area contributed by atoms with Gasteiger partial charge in [0.05, 0.1) is 12.3 Å². The van der Waals surface area contributed by atoms with E-state index >= 15 is 0 Å². The van der Waals surface area contributed by atoms with Crippen molar-refractivity contribution in [3.63, 3.8) is 0 Å². The van der Waals surface area contributed by atoms with Gasteiger partial charge in [0.2, 0.25) is 0 Å². The zero-order chi connectivity index (χ0) is 11.5. The highest BCUT2D eigenvalue weighted by Gasteiger charge is 2.09. The van der Waals surface area contributed by atoms with Crippen LogP contribution in [0, 0.1) is 0 Å². The summed E-state index contributed by atoms with van der Waals surface area (Å²) in [6.45, 7) is 0.390. The van der Waals surface area contributed by atoms with Crippen LogP contribution in [-0.2, 0) is 11.3 Å². The molecular formula is C10H10BrN3O2. The van der Waals surface area contributed by atoms with Crippen LogP contribution in [0.25, 0.3) is 11.6 Å². The first-order chi connectivity index (χ1) is 7.69. The van der Waals surface area contributed by atoms with Crippen molar-refractivity contribution in [3.8, 4) is 11.6 Å². The second-order valence-corrected chi connectivity index (χ2v) is 3.93. The molecule has 0 spiro atoms. The fraction of sp³-hybridized carbons (Fsp3) is 0.200. The molecule has 0 aliphatic rings. The molecule has 84 valence electrons. The van der Waals surface area contributed by atoms with E-state index in [9.17, 15) is 0 Å². The van der Waals surface area contributed by atoms with Crippen LogP contribution in [0.1, 0.15) is 5.69 Å². The maximum Gasteiger partial charge on any atom is 0.197 e. The number of methoxy groups -OCH3 is 1. The van der Waals surface area contributed by atoms with E-state index in [4.69, 9.17) is 14.9 Å². The molecule has 0 unspecified atom stereocenters. The van der Waals surface area contributed by atoms with Crippen molar-refractivity contribution >= 4 is 21.7 Å². The lowest BCUT2D eigenvalue weighted by molar-refractivity contribution is 0.181. The number of rotatable bonds is 3. The van der Waals surface area contributed by atoms with E-state index in [2.05, 4.69) is 25.9 Å². The molecule has 2 aromatic rings. The molecule has 0 atom stereocenters. The Bertz CT molecular complexity index is 499. The number of furan rings is 1. The van der Waals surface area contributed by atoms with Gasteiger partial charge in [0, 0.05) is 13.2 Å². The van der Waals surface area contributed by atoms with Gasteiger partial charge < -0.3 is 14.9 Å². The van der Waals surface area contributed by atoms with Crippen molar-refractivity contribution in [1.29, 1.82) is 0 Å². The van der Waals surface area contributed by atoms with E-state index in [0.717, 1.165) is 5.69 Å². The third-order valence-electron chi connectivity index (χ3n) is 1.88. The molecule has 0 fully saturated rings. The predicted molar refractivity (Wildman–Crippen MR) is 62.6 cm³/mol. The first-order valence-electron chi connectivity index (χ1n) is 4.57. The first-order valence-corrected chi connectivity index (χ1v) is 5.36. The molecular weight excluding hydrogens is 274 g/mol. The molecule has 0 aliphatic carbocycles. The SMILES string of the molecule is COCc1cc(N)nc(-c2ccc(Br)o2)n1. The largest absolute Gasteiger partial charge is 0.446 e. The Morgan fingerprint density at radius 1 is 1.44 bits per heavy atom. The molecule has 0 saturated heterocycles. The molecule has 0 amide bonds. The molecule has 2 aromatic heterocycles. The average molecular weight is 284 g/mol. The fourth-order valence-electron chi connectivity index (χ4n) is 1.29. The minimum atomic E-state index is 0.390. The molecule has 0 aliphatic heterocycles. The average Bonchev–Trinajstić information content (AvgIpc) is 2.64. The van der Waals surface area contributed by atoms with Gasteiger partial charge in [-0.1, -0.05) is 0 Å². The molecule has 16 heavy (non-hydrogen) atoms. The summed E-state index contributed by atoms with van der Waals surface area (Å²) in [5.41, 5.74) is 6.39. The minimum Gasteiger partial charge on any atom is -0.446 e. The number of halogens is 1. The molecule has 0 radical (unpaired) electrons. The highest BCUT2D eigenvalue weighted by molar-refractivity contribution is 9.10. The van der Waals surface area contributed by atoms with E-state index in [-0.39, 0.29) is 0 Å². The van der Waals surface area contributed by atoms with Crippen LogP contribution in [0.4, 0.5) is 5.82 Å². The predicted octanol–water partition coefficient (Wildman–Crippen LogP) is 2.23. The summed E-state index contributed by atoms with van der Waals surface area (Å²) in [5, 5.41) is 0. The summed E-state index contributed by atoms with van der Waals surface area (Å²) in [7, 11) is 1.60. The second-order valence-electron chi connectivity index (χ2n) is 3.14. The van der Waals surface area contributed by atoms with Crippen LogP contribution in [0.5, 0.6) is 0 Å². The number of hydrogen-bond donors (Lipinski definition) is 1. The van der Waals surface area contributed by atoms with Gasteiger partial charge in [-0.2, -0.15) is 0 Å². The Labute approximate surface area is 101 Å². The second kappa shape index (κ2) is 4.63. The summed E-state index contributed by atoms with van der Waals surface area (Å²) >= 11 is 3.22. The van der Waals surface area contributed by atoms with Crippen molar-refractivity contribution < 1.29 is 9.15 Å². The smallest absolute Gasteiger partial charge is 0.197 e. The number of anilines is 1. The van der Waals surface area contributed by atoms with Gasteiger partial charge in [0.1, 0.15) is 5.82 Å². The third-order valence-corrected chi connectivity index (χ3v) is 2.31. The van der Waals surface area contributed by atoms with Crippen LogP contribution in [0.3, 0.4) is 0 Å². The molecule has 0 saturated carbocycles. The summed E-state index contributed by atoms with van der Waals surface area (Å²) in [6, 6.07) is 5.22. The summed E-state index contributed by atoms with van der Waals surface area (Å²) < 4.78 is 11.0. The summed E-state index contributed by atoms with van der Waals surface area (Å²) in [5.74, 6) is 1.42. The number of hydrogen-bond acceptors (Lipinski definition) is 5. The highest BCUT2D eigenvalue weighted by Crippen LogP contribution is 2.23. The Morgan fingerprint density at radius 3 is 2.88 bits per heavy atom. The Hall–Kier alpha value is -1.40. The lowest BCUT2D eigenvalue weighted by atomic mass is 10.3. The van der Waals surface area contributed by atoms with Crippen molar-refractivity contribution in [1.82, 2.24) is 9.97 Å². The first kappa shape index (κ1) is 11.1. The van der Waals surface area contributed by atoms with E-state index in [0.29, 0.717) is 28.7 Å². The van der Waals surface area contributed by atoms with E-state index in [1.54, 1.807) is 25.3 Å². The number of nitrogens with two attached hydrogens (primary N) is 1. The number of nitrogen functional groups attached to an aromatic ring is 1. The van der Waals surface area contributed by atoms with Gasteiger partial charge in [-0.3, -0.25) is 0 Å². The van der Waals surface area contributed by atoms with Gasteiger partial charge in [-0.15, -0.1) is 0 Å². The van der Waals surface area contributed by atoms with Crippen molar-refractivity contribution in [2.45, 2.75) is 6.61 Å². The number of aromatic nitrogens is 2. The molecule has 0 aromatic carbocycles. The summed E-state index contributed by atoms with van der Waals surface area (Å²) in [4.78, 5) is 8.37. The quantitative estimate of drug-likeness (QED) is 0.935. The number of nitrogens with zero attached hydrogens (tertiary/aromatic N) is 2. The maximum absolute atomic E-state index is 5.67. The Balaban J connectivity index is 2.40. The standard InChI is InChI=1S/C10H10BrN3O2/c1-15-5-6-4-9(12)14-10(13-6)7-2-3-8(11)16-7/h2-4H,5H2,1H3,(H2,12,13,14). The van der Waals surface area contributed by atoms with E-state index in [1.807, 2.05) is 0 Å². The molecule has 2 heterocycles. The molecule has 6 heteroatoms. The molecule has 0 bridgehead atoms. The molecule has 2 rings (SSSR count). The van der Waals surface area contributed by atoms with Crippen LogP contribution >= 0.6 is 15.9 Å². The lowest BCUT2D eigenvalue weighted by Crippen LogP contribution is -2.00. The van der Waals surface area contributed by atoms with E-state index < -0.39 is 0 Å². The zero-order valence-corrected chi connectivity index (χ0v) is 10.2. The Morgan fingerprint density at radius 2 is 2.25 bits per heavy atom. The van der Waals surface area contributed by atoms with Crippen LogP contribution < -0.4 is 5.73 Å².